The zero-order valence-corrected chi connectivity index (χ0v) is 16.2. The molecular formula is C20H26N6O3. The van der Waals surface area contributed by atoms with Crippen molar-refractivity contribution in [2.45, 2.75) is 25.0 Å². The normalized spacial score (nSPS) is 21.8. The molecule has 0 aliphatic carbocycles. The van der Waals surface area contributed by atoms with Crippen molar-refractivity contribution >= 4 is 23.5 Å². The molecule has 4 rings (SSSR count). The molecule has 1 aromatic heterocycles. The number of nitrogens with zero attached hydrogens (tertiary/aromatic N) is 3. The number of carbonyl (C=O) groups is 1. The highest BCUT2D eigenvalue weighted by molar-refractivity contribution is 5.99. The molecule has 154 valence electrons. The first-order valence-electron chi connectivity index (χ1n) is 9.94. The minimum Gasteiger partial charge on any atom is -0.394 e. The number of nitrogens with one attached hydrogen (secondary N) is 3. The van der Waals surface area contributed by atoms with E-state index in [0.717, 1.165) is 38.0 Å². The van der Waals surface area contributed by atoms with Gasteiger partial charge >= 0.3 is 6.03 Å². The third-order valence-corrected chi connectivity index (χ3v) is 5.17. The predicted octanol–water partition coefficient (Wildman–Crippen LogP) is 1.74. The van der Waals surface area contributed by atoms with Crippen molar-refractivity contribution in [1.82, 2.24) is 15.3 Å². The molecule has 1 aromatic carbocycles. The van der Waals surface area contributed by atoms with E-state index in [1.165, 1.54) is 0 Å². The second-order valence-electron chi connectivity index (χ2n) is 7.18. The molecule has 3 heterocycles. The van der Waals surface area contributed by atoms with Gasteiger partial charge < -0.3 is 25.4 Å². The Labute approximate surface area is 169 Å². The highest BCUT2D eigenvalue weighted by Crippen LogP contribution is 2.24. The van der Waals surface area contributed by atoms with Crippen LogP contribution in [0.15, 0.2) is 36.5 Å². The minimum absolute atomic E-state index is 0.0158. The molecule has 2 atom stereocenters. The molecule has 0 spiro atoms. The van der Waals surface area contributed by atoms with Crippen LogP contribution in [0.5, 0.6) is 0 Å². The second-order valence-corrected chi connectivity index (χ2v) is 7.18. The van der Waals surface area contributed by atoms with Crippen LogP contribution < -0.4 is 20.9 Å². The van der Waals surface area contributed by atoms with Gasteiger partial charge in [-0.2, -0.15) is 4.98 Å². The van der Waals surface area contributed by atoms with Gasteiger partial charge in [0, 0.05) is 31.5 Å². The Hall–Kier alpha value is -2.75. The first-order valence-corrected chi connectivity index (χ1v) is 9.94. The Morgan fingerprint density at radius 2 is 2.28 bits per heavy atom. The number of urea groups is 1. The molecule has 2 aliphatic heterocycles. The summed E-state index contributed by atoms with van der Waals surface area (Å²) in [6.07, 6.45) is 3.49. The molecule has 2 saturated heterocycles. The third-order valence-electron chi connectivity index (χ3n) is 5.17. The predicted molar refractivity (Wildman–Crippen MR) is 110 cm³/mol. The van der Waals surface area contributed by atoms with Crippen molar-refractivity contribution in [1.29, 1.82) is 0 Å². The largest absolute Gasteiger partial charge is 0.394 e. The maximum atomic E-state index is 12.4. The van der Waals surface area contributed by atoms with E-state index in [-0.39, 0.29) is 24.8 Å². The fourth-order valence-electron chi connectivity index (χ4n) is 3.72. The maximum absolute atomic E-state index is 12.4. The van der Waals surface area contributed by atoms with Crippen LogP contribution in [0.3, 0.4) is 0 Å². The van der Waals surface area contributed by atoms with Crippen LogP contribution >= 0.6 is 0 Å². The number of benzene rings is 1. The number of hydrogen-bond donors (Lipinski definition) is 4. The van der Waals surface area contributed by atoms with Crippen LogP contribution in [0.4, 0.5) is 22.2 Å². The topological polar surface area (TPSA) is 112 Å². The minimum atomic E-state index is -0.380. The summed E-state index contributed by atoms with van der Waals surface area (Å²) in [5, 5.41) is 18.4. The quantitative estimate of drug-likeness (QED) is 0.607. The van der Waals surface area contributed by atoms with Gasteiger partial charge in [0.25, 0.3) is 0 Å². The molecule has 2 fully saturated rings. The number of aliphatic hydroxyl groups is 1. The first kappa shape index (κ1) is 19.6. The number of anilines is 3. The lowest BCUT2D eigenvalue weighted by Gasteiger charge is -2.24. The van der Waals surface area contributed by atoms with Crippen LogP contribution in [0.25, 0.3) is 0 Å². The number of hydrogen-bond acceptors (Lipinski definition) is 7. The molecule has 0 saturated carbocycles. The van der Waals surface area contributed by atoms with E-state index in [2.05, 4.69) is 25.9 Å². The summed E-state index contributed by atoms with van der Waals surface area (Å²) in [6.45, 7) is 3.15. The summed E-state index contributed by atoms with van der Waals surface area (Å²) in [5.74, 6) is 0.926. The Kier molecular flexibility index (Phi) is 6.18. The van der Waals surface area contributed by atoms with Crippen molar-refractivity contribution in [3.8, 4) is 0 Å². The fourth-order valence-corrected chi connectivity index (χ4v) is 3.72. The highest BCUT2D eigenvalue weighted by atomic mass is 16.5. The molecule has 0 radical (unpaired) electrons. The Bertz CT molecular complexity index is 842. The smallest absolute Gasteiger partial charge is 0.324 e. The van der Waals surface area contributed by atoms with Crippen molar-refractivity contribution < 1.29 is 14.6 Å². The molecule has 9 nitrogen and oxygen atoms in total. The van der Waals surface area contributed by atoms with E-state index in [4.69, 9.17) is 4.74 Å². The molecule has 2 aromatic rings. The van der Waals surface area contributed by atoms with Crippen LogP contribution in [0, 0.1) is 0 Å². The van der Waals surface area contributed by atoms with E-state index in [0.29, 0.717) is 24.1 Å². The molecular weight excluding hydrogens is 372 g/mol. The lowest BCUT2D eigenvalue weighted by Crippen LogP contribution is -2.33. The van der Waals surface area contributed by atoms with E-state index >= 15 is 0 Å². The zero-order valence-electron chi connectivity index (χ0n) is 16.2. The van der Waals surface area contributed by atoms with Gasteiger partial charge in [0.15, 0.2) is 0 Å². The summed E-state index contributed by atoms with van der Waals surface area (Å²) in [7, 11) is 0. The van der Waals surface area contributed by atoms with Crippen molar-refractivity contribution in [3.05, 3.63) is 42.1 Å². The number of aliphatic hydroxyl groups excluding tert-OH is 1. The first-order chi connectivity index (χ1) is 14.2. The summed E-state index contributed by atoms with van der Waals surface area (Å²) in [4.78, 5) is 23.1. The van der Waals surface area contributed by atoms with Crippen LogP contribution in [-0.2, 0) is 4.74 Å². The SMILES string of the molecule is O=C(Nc1cccc([C@H]2CNCCO2)c1)Nc1ccnc(N2CCCC2CO)n1. The van der Waals surface area contributed by atoms with Crippen molar-refractivity contribution in [2.75, 3.05) is 48.4 Å². The Morgan fingerprint density at radius 1 is 1.34 bits per heavy atom. The van der Waals surface area contributed by atoms with Gasteiger partial charge in [0.1, 0.15) is 5.82 Å². The molecule has 4 N–H and O–H groups in total. The molecule has 0 bridgehead atoms. The van der Waals surface area contributed by atoms with Gasteiger partial charge in [-0.3, -0.25) is 5.32 Å². The number of amides is 2. The third kappa shape index (κ3) is 4.81. The summed E-state index contributed by atoms with van der Waals surface area (Å²) < 4.78 is 5.77. The number of ether oxygens (including phenoxy) is 1. The summed E-state index contributed by atoms with van der Waals surface area (Å²) in [5.41, 5.74) is 1.70. The van der Waals surface area contributed by atoms with E-state index in [1.807, 2.05) is 29.2 Å². The maximum Gasteiger partial charge on any atom is 0.324 e. The second kappa shape index (κ2) is 9.17. The standard InChI is InChI=1S/C20H26N6O3/c27-13-16-5-2-9-26(16)19-22-7-6-18(24-19)25-20(28)23-15-4-1-3-14(11-15)17-12-21-8-10-29-17/h1,3-4,6-7,11,16-17,21,27H,2,5,8-10,12-13H2,(H2,22,23,24,25,28)/t16?,17-/m1/s1. The van der Waals surface area contributed by atoms with Gasteiger partial charge in [-0.15, -0.1) is 0 Å². The Morgan fingerprint density at radius 3 is 3.10 bits per heavy atom. The molecule has 2 amide bonds. The Balaban J connectivity index is 1.39. The lowest BCUT2D eigenvalue weighted by molar-refractivity contribution is 0.0277. The van der Waals surface area contributed by atoms with E-state index in [1.54, 1.807) is 12.3 Å². The number of carbonyl (C=O) groups excluding carboxylic acids is 1. The number of morpholine rings is 1. The van der Waals surface area contributed by atoms with Gasteiger partial charge in [-0.05, 0) is 36.6 Å². The summed E-state index contributed by atoms with van der Waals surface area (Å²) >= 11 is 0. The average molecular weight is 398 g/mol. The number of rotatable bonds is 5. The molecule has 2 aliphatic rings. The van der Waals surface area contributed by atoms with Gasteiger partial charge in [-0.25, -0.2) is 9.78 Å². The van der Waals surface area contributed by atoms with Gasteiger partial charge in [-0.1, -0.05) is 12.1 Å². The van der Waals surface area contributed by atoms with Gasteiger partial charge in [0.2, 0.25) is 5.95 Å². The van der Waals surface area contributed by atoms with Gasteiger partial charge in [0.05, 0.1) is 25.4 Å². The lowest BCUT2D eigenvalue weighted by atomic mass is 10.1. The van der Waals surface area contributed by atoms with E-state index < -0.39 is 0 Å². The zero-order chi connectivity index (χ0) is 20.1. The molecule has 29 heavy (non-hydrogen) atoms. The van der Waals surface area contributed by atoms with E-state index in [9.17, 15) is 9.90 Å². The molecule has 9 heteroatoms. The summed E-state index contributed by atoms with van der Waals surface area (Å²) in [6, 6.07) is 8.93. The fraction of sp³-hybridized carbons (Fsp3) is 0.450. The van der Waals surface area contributed by atoms with Crippen LogP contribution in [-0.4, -0.2) is 60.0 Å². The van der Waals surface area contributed by atoms with Crippen LogP contribution in [0.1, 0.15) is 24.5 Å². The van der Waals surface area contributed by atoms with Crippen LogP contribution in [0.2, 0.25) is 0 Å². The number of aromatic nitrogens is 2. The highest BCUT2D eigenvalue weighted by Gasteiger charge is 2.26. The van der Waals surface area contributed by atoms with Crippen molar-refractivity contribution in [2.24, 2.45) is 0 Å². The molecule has 1 unspecified atom stereocenters. The monoisotopic (exact) mass is 398 g/mol. The van der Waals surface area contributed by atoms with Crippen molar-refractivity contribution in [3.63, 3.8) is 0 Å². The average Bonchev–Trinajstić information content (AvgIpc) is 3.24.